The van der Waals surface area contributed by atoms with E-state index in [1.807, 2.05) is 0 Å². The molecule has 126 valence electrons. The molecule has 24 heavy (non-hydrogen) atoms. The Morgan fingerprint density at radius 3 is 2.50 bits per heavy atom. The average molecular weight is 350 g/mol. The Labute approximate surface area is 144 Å². The standard InChI is InChI=1S/C16H17ClFN5O/c17-13-9-12(18)2-1-11(13)10-22-5-7-23(8-6-22)15-4-3-14(16(19)24)20-21-15/h1-4,9H,5-8,10H2,(H2,19,24). The van der Waals surface area contributed by atoms with Crippen LogP contribution in [0.4, 0.5) is 10.2 Å². The molecule has 0 aliphatic carbocycles. The predicted molar refractivity (Wildman–Crippen MR) is 89.4 cm³/mol. The maximum absolute atomic E-state index is 13.1. The summed E-state index contributed by atoms with van der Waals surface area (Å²) in [6.07, 6.45) is 0. The van der Waals surface area contributed by atoms with E-state index in [-0.39, 0.29) is 11.5 Å². The molecule has 3 rings (SSSR count). The smallest absolute Gasteiger partial charge is 0.269 e. The molecule has 1 aliphatic heterocycles. The van der Waals surface area contributed by atoms with E-state index in [9.17, 15) is 9.18 Å². The van der Waals surface area contributed by atoms with Crippen LogP contribution in [0.25, 0.3) is 0 Å². The third kappa shape index (κ3) is 3.80. The summed E-state index contributed by atoms with van der Waals surface area (Å²) in [7, 11) is 0. The van der Waals surface area contributed by atoms with Crippen molar-refractivity contribution in [2.24, 2.45) is 5.73 Å². The maximum Gasteiger partial charge on any atom is 0.269 e. The number of hydrogen-bond donors (Lipinski definition) is 1. The first-order valence-corrected chi connectivity index (χ1v) is 7.95. The maximum atomic E-state index is 13.1. The SMILES string of the molecule is NC(=O)c1ccc(N2CCN(Cc3ccc(F)cc3Cl)CC2)nn1. The van der Waals surface area contributed by atoms with Gasteiger partial charge in [0, 0.05) is 37.7 Å². The van der Waals surface area contributed by atoms with Gasteiger partial charge in [-0.3, -0.25) is 9.69 Å². The van der Waals surface area contributed by atoms with Gasteiger partial charge in [0.15, 0.2) is 11.5 Å². The second-order valence-corrected chi connectivity index (χ2v) is 6.05. The van der Waals surface area contributed by atoms with Gasteiger partial charge < -0.3 is 10.6 Å². The molecule has 1 amide bonds. The number of amides is 1. The quantitative estimate of drug-likeness (QED) is 0.909. The summed E-state index contributed by atoms with van der Waals surface area (Å²) in [5.74, 6) is -0.193. The van der Waals surface area contributed by atoms with E-state index in [1.54, 1.807) is 18.2 Å². The van der Waals surface area contributed by atoms with Gasteiger partial charge >= 0.3 is 0 Å². The highest BCUT2D eigenvalue weighted by atomic mass is 35.5. The van der Waals surface area contributed by atoms with E-state index in [1.165, 1.54) is 12.1 Å². The fourth-order valence-corrected chi connectivity index (χ4v) is 2.88. The number of halogens is 2. The Hall–Kier alpha value is -2.25. The van der Waals surface area contributed by atoms with Crippen LogP contribution < -0.4 is 10.6 Å². The zero-order valence-corrected chi connectivity index (χ0v) is 13.7. The van der Waals surface area contributed by atoms with Crippen molar-refractivity contribution in [3.8, 4) is 0 Å². The lowest BCUT2D eigenvalue weighted by Gasteiger charge is -2.35. The molecule has 2 N–H and O–H groups in total. The number of hydrogen-bond acceptors (Lipinski definition) is 5. The molecule has 1 saturated heterocycles. The van der Waals surface area contributed by atoms with Crippen LogP contribution in [0.5, 0.6) is 0 Å². The number of primary amides is 1. The lowest BCUT2D eigenvalue weighted by molar-refractivity contribution is 0.0994. The summed E-state index contributed by atoms with van der Waals surface area (Å²) in [6, 6.07) is 7.81. The van der Waals surface area contributed by atoms with E-state index in [4.69, 9.17) is 17.3 Å². The average Bonchev–Trinajstić information content (AvgIpc) is 2.58. The Bertz CT molecular complexity index is 732. The van der Waals surface area contributed by atoms with Gasteiger partial charge in [-0.2, -0.15) is 0 Å². The minimum Gasteiger partial charge on any atom is -0.364 e. The van der Waals surface area contributed by atoms with Gasteiger partial charge in [0.1, 0.15) is 5.82 Å². The molecule has 6 nitrogen and oxygen atoms in total. The topological polar surface area (TPSA) is 75.4 Å². The predicted octanol–water partition coefficient (Wildman–Crippen LogP) is 1.69. The summed E-state index contributed by atoms with van der Waals surface area (Å²) in [6.45, 7) is 3.89. The van der Waals surface area contributed by atoms with Crippen molar-refractivity contribution in [3.05, 3.63) is 52.4 Å². The molecule has 2 heterocycles. The summed E-state index contributed by atoms with van der Waals surface area (Å²) < 4.78 is 13.1. The molecule has 1 aromatic heterocycles. The molecule has 2 aromatic rings. The highest BCUT2D eigenvalue weighted by molar-refractivity contribution is 6.31. The molecular weight excluding hydrogens is 333 g/mol. The van der Waals surface area contributed by atoms with Gasteiger partial charge in [-0.1, -0.05) is 17.7 Å². The van der Waals surface area contributed by atoms with Gasteiger partial charge in [-0.15, -0.1) is 10.2 Å². The van der Waals surface area contributed by atoms with E-state index in [2.05, 4.69) is 20.0 Å². The molecule has 0 spiro atoms. The number of piperazine rings is 1. The Balaban J connectivity index is 1.58. The van der Waals surface area contributed by atoms with Crippen LogP contribution in [0.15, 0.2) is 30.3 Å². The third-order valence-electron chi connectivity index (χ3n) is 4.01. The molecule has 0 saturated carbocycles. The molecule has 1 fully saturated rings. The molecule has 0 radical (unpaired) electrons. The first kappa shape index (κ1) is 16.6. The minimum atomic E-state index is -0.588. The first-order chi connectivity index (χ1) is 11.5. The second kappa shape index (κ2) is 7.11. The molecule has 8 heteroatoms. The van der Waals surface area contributed by atoms with Crippen LogP contribution in [0, 0.1) is 5.82 Å². The fraction of sp³-hybridized carbons (Fsp3) is 0.312. The van der Waals surface area contributed by atoms with E-state index in [0.717, 1.165) is 37.6 Å². The van der Waals surface area contributed by atoms with Crippen LogP contribution in [0.3, 0.4) is 0 Å². The van der Waals surface area contributed by atoms with E-state index in [0.29, 0.717) is 11.6 Å². The number of anilines is 1. The van der Waals surface area contributed by atoms with Crippen molar-refractivity contribution >= 4 is 23.3 Å². The summed E-state index contributed by atoms with van der Waals surface area (Å²) in [5.41, 5.74) is 6.23. The van der Waals surface area contributed by atoms with Gasteiger partial charge in [0.05, 0.1) is 0 Å². The van der Waals surface area contributed by atoms with Crippen LogP contribution in [-0.2, 0) is 6.54 Å². The van der Waals surface area contributed by atoms with Crippen LogP contribution in [-0.4, -0.2) is 47.2 Å². The highest BCUT2D eigenvalue weighted by Crippen LogP contribution is 2.20. The molecule has 0 atom stereocenters. The number of nitrogens with zero attached hydrogens (tertiary/aromatic N) is 4. The normalized spacial score (nSPS) is 15.5. The zero-order chi connectivity index (χ0) is 17.1. The van der Waals surface area contributed by atoms with Crippen LogP contribution in [0.2, 0.25) is 5.02 Å². The Morgan fingerprint density at radius 1 is 1.17 bits per heavy atom. The summed E-state index contributed by atoms with van der Waals surface area (Å²) in [4.78, 5) is 15.4. The summed E-state index contributed by atoms with van der Waals surface area (Å²) >= 11 is 6.08. The molecule has 1 aliphatic rings. The van der Waals surface area contributed by atoms with E-state index >= 15 is 0 Å². The third-order valence-corrected chi connectivity index (χ3v) is 4.36. The number of carbonyl (C=O) groups is 1. The number of aromatic nitrogens is 2. The summed E-state index contributed by atoms with van der Waals surface area (Å²) in [5, 5.41) is 8.33. The minimum absolute atomic E-state index is 0.156. The second-order valence-electron chi connectivity index (χ2n) is 5.64. The molecule has 0 unspecified atom stereocenters. The van der Waals surface area contributed by atoms with Crippen molar-refractivity contribution in [1.29, 1.82) is 0 Å². The first-order valence-electron chi connectivity index (χ1n) is 7.57. The lowest BCUT2D eigenvalue weighted by atomic mass is 10.2. The largest absolute Gasteiger partial charge is 0.364 e. The van der Waals surface area contributed by atoms with Crippen LogP contribution in [0.1, 0.15) is 16.1 Å². The van der Waals surface area contributed by atoms with E-state index < -0.39 is 5.91 Å². The van der Waals surface area contributed by atoms with Gasteiger partial charge in [-0.05, 0) is 29.8 Å². The van der Waals surface area contributed by atoms with Crippen molar-refractivity contribution in [2.75, 3.05) is 31.1 Å². The van der Waals surface area contributed by atoms with Gasteiger partial charge in [0.2, 0.25) is 0 Å². The van der Waals surface area contributed by atoms with Crippen molar-refractivity contribution in [2.45, 2.75) is 6.54 Å². The van der Waals surface area contributed by atoms with Crippen molar-refractivity contribution < 1.29 is 9.18 Å². The van der Waals surface area contributed by atoms with Crippen molar-refractivity contribution in [1.82, 2.24) is 15.1 Å². The molecule has 0 bridgehead atoms. The number of rotatable bonds is 4. The number of carbonyl (C=O) groups excluding carboxylic acids is 1. The highest BCUT2D eigenvalue weighted by Gasteiger charge is 2.19. The monoisotopic (exact) mass is 349 g/mol. The van der Waals surface area contributed by atoms with Gasteiger partial charge in [-0.25, -0.2) is 4.39 Å². The molecular formula is C16H17ClFN5O. The fourth-order valence-electron chi connectivity index (χ4n) is 2.65. The Morgan fingerprint density at radius 2 is 1.92 bits per heavy atom. The number of benzene rings is 1. The van der Waals surface area contributed by atoms with Crippen LogP contribution >= 0.6 is 11.6 Å². The number of nitrogens with two attached hydrogens (primary N) is 1. The molecule has 1 aromatic carbocycles. The van der Waals surface area contributed by atoms with Gasteiger partial charge in [0.25, 0.3) is 5.91 Å². The van der Waals surface area contributed by atoms with Crippen molar-refractivity contribution in [3.63, 3.8) is 0 Å². The lowest BCUT2D eigenvalue weighted by Crippen LogP contribution is -2.46. The zero-order valence-electron chi connectivity index (χ0n) is 13.0. The Kier molecular flexibility index (Phi) is 4.92.